The Morgan fingerprint density at radius 3 is 2.50 bits per heavy atom. The average molecular weight is 316 g/mol. The van der Waals surface area contributed by atoms with Gasteiger partial charge in [-0.05, 0) is 55.5 Å². The Kier molecular flexibility index (Phi) is 3.39. The molecule has 4 aromatic rings. The minimum Gasteiger partial charge on any atom is -0.324 e. The van der Waals surface area contributed by atoms with Crippen LogP contribution in [0.5, 0.6) is 0 Å². The summed E-state index contributed by atoms with van der Waals surface area (Å²) in [5.41, 5.74) is 4.18. The van der Waals surface area contributed by atoms with Crippen molar-refractivity contribution in [1.29, 1.82) is 0 Å². The Morgan fingerprint density at radius 1 is 1.00 bits per heavy atom. The van der Waals surface area contributed by atoms with Gasteiger partial charge in [-0.3, -0.25) is 4.79 Å². The van der Waals surface area contributed by atoms with Crippen molar-refractivity contribution in [2.45, 2.75) is 6.92 Å². The summed E-state index contributed by atoms with van der Waals surface area (Å²) >= 11 is 0. The maximum Gasteiger partial charge on any atom is 0.255 e. The highest BCUT2D eigenvalue weighted by Crippen LogP contribution is 2.14. The van der Waals surface area contributed by atoms with E-state index in [1.165, 1.54) is 0 Å². The van der Waals surface area contributed by atoms with Crippen LogP contribution >= 0.6 is 0 Å². The molecule has 0 bridgehead atoms. The van der Waals surface area contributed by atoms with Crippen LogP contribution in [0.2, 0.25) is 0 Å². The first-order valence-corrected chi connectivity index (χ1v) is 7.69. The maximum atomic E-state index is 12.4. The van der Waals surface area contributed by atoms with E-state index in [1.807, 2.05) is 89.2 Å². The summed E-state index contributed by atoms with van der Waals surface area (Å²) in [6.45, 7) is 1.94. The Morgan fingerprint density at radius 2 is 1.75 bits per heavy atom. The molecule has 0 radical (unpaired) electrons. The van der Waals surface area contributed by atoms with Crippen LogP contribution in [0.3, 0.4) is 0 Å². The van der Waals surface area contributed by atoms with E-state index in [2.05, 4.69) is 10.3 Å². The molecule has 0 aliphatic heterocycles. The summed E-state index contributed by atoms with van der Waals surface area (Å²) in [5.74, 6) is -0.134. The molecule has 1 N–H and O–H groups in total. The lowest BCUT2D eigenvalue weighted by Gasteiger charge is -2.07. The van der Waals surface area contributed by atoms with Gasteiger partial charge in [-0.2, -0.15) is 0 Å². The Bertz CT molecular complexity index is 998. The van der Waals surface area contributed by atoms with Crippen molar-refractivity contribution in [1.82, 2.24) is 14.0 Å². The third-order valence-corrected chi connectivity index (χ3v) is 3.86. The number of carbonyl (C=O) groups excluding carboxylic acids is 1. The molecule has 3 heterocycles. The monoisotopic (exact) mass is 316 g/mol. The first-order valence-electron chi connectivity index (χ1n) is 7.69. The van der Waals surface area contributed by atoms with Crippen molar-refractivity contribution in [2.24, 2.45) is 0 Å². The first kappa shape index (κ1) is 14.3. The molecule has 0 fully saturated rings. The molecule has 1 aromatic carbocycles. The van der Waals surface area contributed by atoms with Crippen LogP contribution in [0.1, 0.15) is 16.1 Å². The fourth-order valence-electron chi connectivity index (χ4n) is 2.69. The van der Waals surface area contributed by atoms with E-state index in [4.69, 9.17) is 0 Å². The molecule has 24 heavy (non-hydrogen) atoms. The second-order valence-corrected chi connectivity index (χ2v) is 5.66. The van der Waals surface area contributed by atoms with E-state index in [0.717, 1.165) is 22.7 Å². The standard InChI is InChI=1S/C19H16N4O/c1-14-12-23-13-16(6-9-18(23)20-14)21-19(24)15-4-7-17(8-5-15)22-10-2-3-11-22/h2-13H,1H3,(H,21,24). The fourth-order valence-corrected chi connectivity index (χ4v) is 2.69. The number of hydrogen-bond donors (Lipinski definition) is 1. The zero-order valence-corrected chi connectivity index (χ0v) is 13.2. The van der Waals surface area contributed by atoms with E-state index < -0.39 is 0 Å². The Hall–Kier alpha value is -3.34. The number of aromatic nitrogens is 3. The van der Waals surface area contributed by atoms with E-state index >= 15 is 0 Å². The van der Waals surface area contributed by atoms with Crippen LogP contribution in [0, 0.1) is 6.92 Å². The van der Waals surface area contributed by atoms with Crippen molar-refractivity contribution in [3.05, 3.63) is 84.6 Å². The lowest BCUT2D eigenvalue weighted by atomic mass is 10.2. The number of fused-ring (bicyclic) bond motifs is 1. The highest BCUT2D eigenvalue weighted by molar-refractivity contribution is 6.04. The quantitative estimate of drug-likeness (QED) is 0.627. The van der Waals surface area contributed by atoms with Crippen molar-refractivity contribution in [2.75, 3.05) is 5.32 Å². The van der Waals surface area contributed by atoms with Gasteiger partial charge in [0, 0.05) is 36.0 Å². The number of pyridine rings is 1. The highest BCUT2D eigenvalue weighted by atomic mass is 16.1. The van der Waals surface area contributed by atoms with Gasteiger partial charge in [0.1, 0.15) is 5.65 Å². The van der Waals surface area contributed by atoms with Gasteiger partial charge in [0.15, 0.2) is 0 Å². The Labute approximate surface area is 139 Å². The van der Waals surface area contributed by atoms with Gasteiger partial charge in [0.05, 0.1) is 11.4 Å². The molecule has 0 spiro atoms. The summed E-state index contributed by atoms with van der Waals surface area (Å²) in [6, 6.07) is 15.2. The predicted molar refractivity (Wildman–Crippen MR) is 93.7 cm³/mol. The normalized spacial score (nSPS) is 10.9. The van der Waals surface area contributed by atoms with Gasteiger partial charge in [-0.25, -0.2) is 4.98 Å². The lowest BCUT2D eigenvalue weighted by molar-refractivity contribution is 0.102. The van der Waals surface area contributed by atoms with Gasteiger partial charge in [0.2, 0.25) is 0 Å². The molecule has 118 valence electrons. The zero-order valence-electron chi connectivity index (χ0n) is 13.2. The lowest BCUT2D eigenvalue weighted by Crippen LogP contribution is -2.12. The van der Waals surface area contributed by atoms with E-state index in [9.17, 15) is 4.79 Å². The van der Waals surface area contributed by atoms with Crippen LogP contribution in [0.4, 0.5) is 5.69 Å². The summed E-state index contributed by atoms with van der Waals surface area (Å²) in [6.07, 6.45) is 7.73. The van der Waals surface area contributed by atoms with Crippen molar-refractivity contribution in [3.63, 3.8) is 0 Å². The van der Waals surface area contributed by atoms with Crippen LogP contribution in [0.25, 0.3) is 11.3 Å². The van der Waals surface area contributed by atoms with Crippen LogP contribution in [-0.2, 0) is 0 Å². The van der Waals surface area contributed by atoms with Gasteiger partial charge in [-0.1, -0.05) is 0 Å². The highest BCUT2D eigenvalue weighted by Gasteiger charge is 2.07. The smallest absolute Gasteiger partial charge is 0.255 e. The van der Waals surface area contributed by atoms with Crippen molar-refractivity contribution in [3.8, 4) is 5.69 Å². The number of nitrogens with zero attached hydrogens (tertiary/aromatic N) is 3. The number of benzene rings is 1. The largest absolute Gasteiger partial charge is 0.324 e. The number of anilines is 1. The summed E-state index contributed by atoms with van der Waals surface area (Å²) in [5, 5.41) is 2.92. The van der Waals surface area contributed by atoms with Gasteiger partial charge in [-0.15, -0.1) is 0 Å². The number of amides is 1. The van der Waals surface area contributed by atoms with E-state index in [-0.39, 0.29) is 5.91 Å². The molecule has 0 aliphatic carbocycles. The second kappa shape index (κ2) is 5.70. The van der Waals surface area contributed by atoms with Gasteiger partial charge in [0.25, 0.3) is 5.91 Å². The number of aryl methyl sites for hydroxylation is 1. The molecule has 5 heteroatoms. The summed E-state index contributed by atoms with van der Waals surface area (Å²) in [7, 11) is 0. The van der Waals surface area contributed by atoms with E-state index in [1.54, 1.807) is 0 Å². The Balaban J connectivity index is 1.54. The molecular weight excluding hydrogens is 300 g/mol. The molecule has 0 saturated heterocycles. The summed E-state index contributed by atoms with van der Waals surface area (Å²) < 4.78 is 3.90. The van der Waals surface area contributed by atoms with Gasteiger partial charge < -0.3 is 14.3 Å². The fraction of sp³-hybridized carbons (Fsp3) is 0.0526. The van der Waals surface area contributed by atoms with Gasteiger partial charge >= 0.3 is 0 Å². The molecular formula is C19H16N4O. The van der Waals surface area contributed by atoms with Crippen LogP contribution < -0.4 is 5.32 Å². The molecule has 4 rings (SSSR count). The molecule has 5 nitrogen and oxygen atoms in total. The predicted octanol–water partition coefficient (Wildman–Crippen LogP) is 3.69. The number of hydrogen-bond acceptors (Lipinski definition) is 2. The number of rotatable bonds is 3. The molecule has 0 unspecified atom stereocenters. The third-order valence-electron chi connectivity index (χ3n) is 3.86. The van der Waals surface area contributed by atoms with Crippen LogP contribution in [0.15, 0.2) is 73.3 Å². The molecule has 0 aliphatic rings. The molecule has 0 saturated carbocycles. The molecule has 1 amide bonds. The van der Waals surface area contributed by atoms with Crippen molar-refractivity contribution < 1.29 is 4.79 Å². The SMILES string of the molecule is Cc1cn2cc(NC(=O)c3ccc(-n4cccc4)cc3)ccc2n1. The minimum absolute atomic E-state index is 0.134. The number of nitrogens with one attached hydrogen (secondary N) is 1. The van der Waals surface area contributed by atoms with Crippen molar-refractivity contribution >= 4 is 17.2 Å². The average Bonchev–Trinajstić information content (AvgIpc) is 3.23. The first-order chi connectivity index (χ1) is 11.7. The topological polar surface area (TPSA) is 51.3 Å². The molecule has 0 atom stereocenters. The number of carbonyl (C=O) groups is 1. The zero-order chi connectivity index (χ0) is 16.5. The van der Waals surface area contributed by atoms with E-state index in [0.29, 0.717) is 5.56 Å². The summed E-state index contributed by atoms with van der Waals surface area (Å²) in [4.78, 5) is 16.8. The maximum absolute atomic E-state index is 12.4. The van der Waals surface area contributed by atoms with Crippen LogP contribution in [-0.4, -0.2) is 19.9 Å². The third kappa shape index (κ3) is 2.67. The second-order valence-electron chi connectivity index (χ2n) is 5.66. The number of imidazole rings is 1. The minimum atomic E-state index is -0.134. The molecule has 3 aromatic heterocycles.